The maximum absolute atomic E-state index is 11.6. The average molecular weight is 332 g/mol. The van der Waals surface area contributed by atoms with E-state index in [1.807, 2.05) is 28.8 Å². The third-order valence-electron chi connectivity index (χ3n) is 3.55. The zero-order valence-corrected chi connectivity index (χ0v) is 13.5. The van der Waals surface area contributed by atoms with E-state index in [-0.39, 0.29) is 11.8 Å². The van der Waals surface area contributed by atoms with Crippen LogP contribution in [0.3, 0.4) is 0 Å². The van der Waals surface area contributed by atoms with Crippen LogP contribution in [0, 0.1) is 0 Å². The van der Waals surface area contributed by atoms with Crippen molar-refractivity contribution < 1.29 is 14.3 Å². The Balaban J connectivity index is 1.67. The van der Waals surface area contributed by atoms with E-state index in [1.165, 1.54) is 16.7 Å². The molecule has 120 valence electrons. The summed E-state index contributed by atoms with van der Waals surface area (Å²) in [6.45, 7) is 0.396. The van der Waals surface area contributed by atoms with Crippen LogP contribution in [0.15, 0.2) is 35.7 Å². The molecular weight excluding hydrogens is 316 g/mol. The van der Waals surface area contributed by atoms with Crippen LogP contribution in [0.4, 0.5) is 0 Å². The van der Waals surface area contributed by atoms with Crippen LogP contribution in [0.2, 0.25) is 0 Å². The van der Waals surface area contributed by atoms with Crippen molar-refractivity contribution in [1.82, 2.24) is 19.7 Å². The van der Waals surface area contributed by atoms with Gasteiger partial charge in [0.2, 0.25) is 11.8 Å². The molecule has 0 atom stereocenters. The quantitative estimate of drug-likeness (QED) is 0.589. The number of thioether (sulfide) groups is 1. The second-order valence-electron chi connectivity index (χ2n) is 4.97. The molecule has 23 heavy (non-hydrogen) atoms. The number of hydrogen-bond donors (Lipinski definition) is 0. The van der Waals surface area contributed by atoms with Gasteiger partial charge in [-0.1, -0.05) is 17.8 Å². The summed E-state index contributed by atoms with van der Waals surface area (Å²) in [5.74, 6) is 1.15. The maximum Gasteiger partial charge on any atom is 0.229 e. The number of methoxy groups -OCH3 is 1. The minimum atomic E-state index is -0.0927. The van der Waals surface area contributed by atoms with Crippen molar-refractivity contribution in [2.75, 3.05) is 19.4 Å². The highest BCUT2D eigenvalue weighted by molar-refractivity contribution is 7.99. The average Bonchev–Trinajstić information content (AvgIpc) is 3.16. The normalized spacial score (nSPS) is 14.6. The second kappa shape index (κ2) is 6.82. The lowest BCUT2D eigenvalue weighted by molar-refractivity contribution is -0.137. The summed E-state index contributed by atoms with van der Waals surface area (Å²) in [5, 5.41) is 8.74. The monoisotopic (exact) mass is 332 g/mol. The van der Waals surface area contributed by atoms with E-state index >= 15 is 0 Å². The zero-order chi connectivity index (χ0) is 16.2. The lowest BCUT2D eigenvalue weighted by atomic mass is 10.3. The molecule has 1 aromatic carbocycles. The van der Waals surface area contributed by atoms with Crippen molar-refractivity contribution in [3.63, 3.8) is 0 Å². The number of carbonyl (C=O) groups is 2. The predicted octanol–water partition coefficient (Wildman–Crippen LogP) is 1.52. The molecule has 2 heterocycles. The highest BCUT2D eigenvalue weighted by Crippen LogP contribution is 2.23. The molecule has 1 aliphatic heterocycles. The zero-order valence-electron chi connectivity index (χ0n) is 12.6. The van der Waals surface area contributed by atoms with Gasteiger partial charge in [-0.3, -0.25) is 19.1 Å². The van der Waals surface area contributed by atoms with Gasteiger partial charge in [-0.05, 0) is 12.1 Å². The number of carbonyl (C=O) groups excluding carboxylic acids is 2. The van der Waals surface area contributed by atoms with E-state index in [4.69, 9.17) is 4.74 Å². The Kier molecular flexibility index (Phi) is 4.61. The van der Waals surface area contributed by atoms with E-state index < -0.39 is 0 Å². The van der Waals surface area contributed by atoms with Crippen molar-refractivity contribution in [3.05, 3.63) is 30.6 Å². The maximum atomic E-state index is 11.6. The Labute approximate surface area is 137 Å². The van der Waals surface area contributed by atoms with Gasteiger partial charge in [0.05, 0.1) is 12.8 Å². The van der Waals surface area contributed by atoms with Gasteiger partial charge in [0, 0.05) is 31.2 Å². The molecular formula is C15H16N4O3S. The molecule has 1 saturated heterocycles. The van der Waals surface area contributed by atoms with Gasteiger partial charge < -0.3 is 4.74 Å². The van der Waals surface area contributed by atoms with Crippen LogP contribution >= 0.6 is 11.8 Å². The summed E-state index contributed by atoms with van der Waals surface area (Å²) < 4.78 is 7.07. The first-order valence-electron chi connectivity index (χ1n) is 7.19. The fourth-order valence-corrected chi connectivity index (χ4v) is 3.21. The number of ether oxygens (including phenoxy) is 1. The lowest BCUT2D eigenvalue weighted by Crippen LogP contribution is -2.31. The summed E-state index contributed by atoms with van der Waals surface area (Å²) in [7, 11) is 1.62. The summed E-state index contributed by atoms with van der Waals surface area (Å²) in [6, 6.07) is 7.58. The topological polar surface area (TPSA) is 77.3 Å². The molecule has 0 aliphatic carbocycles. The van der Waals surface area contributed by atoms with Gasteiger partial charge in [-0.2, -0.15) is 0 Å². The minimum absolute atomic E-state index is 0.0927. The van der Waals surface area contributed by atoms with Crippen LogP contribution in [0.5, 0.6) is 5.75 Å². The third-order valence-corrected chi connectivity index (χ3v) is 4.47. The molecule has 1 aliphatic rings. The molecule has 0 N–H and O–H groups in total. The van der Waals surface area contributed by atoms with E-state index in [9.17, 15) is 9.59 Å². The number of aromatic nitrogens is 3. The molecule has 2 aromatic rings. The Hall–Kier alpha value is -2.35. The summed E-state index contributed by atoms with van der Waals surface area (Å²) in [5.41, 5.74) is 0.894. The standard InChI is InChI=1S/C15H16N4O3S/c1-22-12-4-2-3-11(9-12)19-10-16-17-15(19)23-8-7-18-13(20)5-6-14(18)21/h2-4,9-10H,5-8H2,1H3. The Morgan fingerprint density at radius 2 is 2.04 bits per heavy atom. The van der Waals surface area contributed by atoms with E-state index in [1.54, 1.807) is 13.4 Å². The molecule has 7 nitrogen and oxygen atoms in total. The first-order valence-corrected chi connectivity index (χ1v) is 8.18. The molecule has 2 amide bonds. The Bertz CT molecular complexity index is 715. The first kappa shape index (κ1) is 15.5. The minimum Gasteiger partial charge on any atom is -0.497 e. The number of rotatable bonds is 6. The molecule has 8 heteroatoms. The fraction of sp³-hybridized carbons (Fsp3) is 0.333. The van der Waals surface area contributed by atoms with Crippen molar-refractivity contribution in [3.8, 4) is 11.4 Å². The lowest BCUT2D eigenvalue weighted by Gasteiger charge is -2.13. The summed E-state index contributed by atoms with van der Waals surface area (Å²) in [6.07, 6.45) is 2.27. The molecule has 0 spiro atoms. The van der Waals surface area contributed by atoms with Crippen LogP contribution < -0.4 is 4.74 Å². The van der Waals surface area contributed by atoms with Gasteiger partial charge >= 0.3 is 0 Å². The highest BCUT2D eigenvalue weighted by atomic mass is 32.2. The fourth-order valence-electron chi connectivity index (χ4n) is 2.36. The smallest absolute Gasteiger partial charge is 0.229 e. The van der Waals surface area contributed by atoms with Crippen LogP contribution in [0.1, 0.15) is 12.8 Å². The van der Waals surface area contributed by atoms with Crippen LogP contribution in [-0.2, 0) is 9.59 Å². The van der Waals surface area contributed by atoms with Crippen LogP contribution in [0.25, 0.3) is 5.69 Å². The number of benzene rings is 1. The third kappa shape index (κ3) is 3.37. The van der Waals surface area contributed by atoms with Gasteiger partial charge in [0.25, 0.3) is 0 Å². The summed E-state index contributed by atoms with van der Waals surface area (Å²) in [4.78, 5) is 24.5. The SMILES string of the molecule is COc1cccc(-n2cnnc2SCCN2C(=O)CCC2=O)c1. The van der Waals surface area contributed by atoms with Crippen LogP contribution in [-0.4, -0.2) is 50.9 Å². The summed E-state index contributed by atoms with van der Waals surface area (Å²) >= 11 is 1.46. The van der Waals surface area contributed by atoms with Crippen molar-refractivity contribution >= 4 is 23.6 Å². The molecule has 0 saturated carbocycles. The highest BCUT2D eigenvalue weighted by Gasteiger charge is 2.28. The molecule has 3 rings (SSSR count). The first-order chi connectivity index (χ1) is 11.2. The predicted molar refractivity (Wildman–Crippen MR) is 84.6 cm³/mol. The van der Waals surface area contributed by atoms with Gasteiger partial charge in [-0.15, -0.1) is 10.2 Å². The number of likely N-dealkylation sites (tertiary alicyclic amines) is 1. The molecule has 1 fully saturated rings. The van der Waals surface area contributed by atoms with Crippen molar-refractivity contribution in [2.24, 2.45) is 0 Å². The van der Waals surface area contributed by atoms with Gasteiger partial charge in [0.15, 0.2) is 5.16 Å². The molecule has 1 aromatic heterocycles. The number of hydrogen-bond acceptors (Lipinski definition) is 6. The molecule has 0 unspecified atom stereocenters. The van der Waals surface area contributed by atoms with Gasteiger partial charge in [0.1, 0.15) is 12.1 Å². The Morgan fingerprint density at radius 3 is 2.78 bits per heavy atom. The molecule has 0 radical (unpaired) electrons. The number of amides is 2. The second-order valence-corrected chi connectivity index (χ2v) is 6.03. The van der Waals surface area contributed by atoms with E-state index in [2.05, 4.69) is 10.2 Å². The van der Waals surface area contributed by atoms with Gasteiger partial charge in [-0.25, -0.2) is 0 Å². The Morgan fingerprint density at radius 1 is 1.26 bits per heavy atom. The van der Waals surface area contributed by atoms with E-state index in [0.717, 1.165) is 11.4 Å². The molecule has 0 bridgehead atoms. The number of nitrogens with zero attached hydrogens (tertiary/aromatic N) is 4. The van der Waals surface area contributed by atoms with E-state index in [0.29, 0.717) is 30.3 Å². The largest absolute Gasteiger partial charge is 0.497 e. The van der Waals surface area contributed by atoms with Crippen molar-refractivity contribution in [2.45, 2.75) is 18.0 Å². The van der Waals surface area contributed by atoms with Crippen molar-refractivity contribution in [1.29, 1.82) is 0 Å². The number of imide groups is 1.